The van der Waals surface area contributed by atoms with Gasteiger partial charge >= 0.3 is 5.82 Å². The SMILES string of the molecule is CC(C)c1nc(Cn2cc(Cl)c([N+](=O)[O-])n2)cs1. The Hall–Kier alpha value is -1.47. The van der Waals surface area contributed by atoms with Gasteiger partial charge in [-0.25, -0.2) is 4.98 Å². The first kappa shape index (κ1) is 13.0. The van der Waals surface area contributed by atoms with E-state index in [-0.39, 0.29) is 10.8 Å². The molecule has 0 aliphatic carbocycles. The number of halogens is 1. The number of thiazole rings is 1. The quantitative estimate of drug-likeness (QED) is 0.639. The molecule has 0 amide bonds. The lowest BCUT2D eigenvalue weighted by Crippen LogP contribution is -2.02. The molecular formula is C10H11ClN4O2S. The van der Waals surface area contributed by atoms with E-state index in [1.165, 1.54) is 10.9 Å². The molecule has 2 rings (SSSR count). The van der Waals surface area contributed by atoms with Crippen molar-refractivity contribution in [3.63, 3.8) is 0 Å². The Morgan fingerprint density at radius 3 is 2.83 bits per heavy atom. The Balaban J connectivity index is 2.18. The lowest BCUT2D eigenvalue weighted by atomic mass is 10.2. The highest BCUT2D eigenvalue weighted by molar-refractivity contribution is 7.09. The maximum absolute atomic E-state index is 10.6. The molecule has 0 aromatic carbocycles. The molecule has 0 saturated heterocycles. The Kier molecular flexibility index (Phi) is 3.63. The van der Waals surface area contributed by atoms with Crippen molar-refractivity contribution in [2.75, 3.05) is 0 Å². The van der Waals surface area contributed by atoms with Gasteiger partial charge in [-0.3, -0.25) is 0 Å². The van der Waals surface area contributed by atoms with Gasteiger partial charge in [0.2, 0.25) is 0 Å². The van der Waals surface area contributed by atoms with Gasteiger partial charge in [-0.15, -0.1) is 11.3 Å². The summed E-state index contributed by atoms with van der Waals surface area (Å²) in [5.74, 6) is 0.0512. The molecule has 2 aromatic rings. The van der Waals surface area contributed by atoms with E-state index in [4.69, 9.17) is 11.6 Å². The molecule has 0 spiro atoms. The van der Waals surface area contributed by atoms with Crippen LogP contribution in [0.25, 0.3) is 0 Å². The molecular weight excluding hydrogens is 276 g/mol. The number of rotatable bonds is 4. The number of aromatic nitrogens is 3. The van der Waals surface area contributed by atoms with Crippen LogP contribution in [0.2, 0.25) is 5.02 Å². The minimum absolute atomic E-state index is 0.0410. The van der Waals surface area contributed by atoms with Gasteiger partial charge in [0.25, 0.3) is 0 Å². The molecule has 0 aliphatic heterocycles. The molecule has 0 N–H and O–H groups in total. The second-order valence-corrected chi connectivity index (χ2v) is 5.38. The van der Waals surface area contributed by atoms with E-state index in [0.717, 1.165) is 10.7 Å². The fourth-order valence-corrected chi connectivity index (χ4v) is 2.46. The normalized spacial score (nSPS) is 11.1. The fourth-order valence-electron chi connectivity index (χ4n) is 1.42. The van der Waals surface area contributed by atoms with Gasteiger partial charge in [-0.2, -0.15) is 4.68 Å². The van der Waals surface area contributed by atoms with Gasteiger partial charge in [-0.05, 0) is 4.92 Å². The van der Waals surface area contributed by atoms with E-state index >= 15 is 0 Å². The van der Waals surface area contributed by atoms with Crippen LogP contribution >= 0.6 is 22.9 Å². The summed E-state index contributed by atoms with van der Waals surface area (Å²) >= 11 is 7.29. The molecule has 2 heterocycles. The first-order valence-electron chi connectivity index (χ1n) is 5.29. The van der Waals surface area contributed by atoms with E-state index in [1.54, 1.807) is 11.3 Å². The van der Waals surface area contributed by atoms with E-state index in [0.29, 0.717) is 12.5 Å². The van der Waals surface area contributed by atoms with Crippen molar-refractivity contribution in [3.8, 4) is 0 Å². The standard InChI is InChI=1S/C10H11ClN4O2S/c1-6(2)10-12-7(5-18-10)3-14-4-8(11)9(13-14)15(16)17/h4-6H,3H2,1-2H3. The second-order valence-electron chi connectivity index (χ2n) is 4.09. The third-order valence-electron chi connectivity index (χ3n) is 2.26. The van der Waals surface area contributed by atoms with E-state index in [2.05, 4.69) is 23.9 Å². The molecule has 8 heteroatoms. The molecule has 6 nitrogen and oxygen atoms in total. The van der Waals surface area contributed by atoms with Gasteiger partial charge in [0.1, 0.15) is 6.54 Å². The minimum Gasteiger partial charge on any atom is -0.358 e. The number of hydrogen-bond acceptors (Lipinski definition) is 5. The smallest absolute Gasteiger partial charge is 0.358 e. The molecule has 0 saturated carbocycles. The van der Waals surface area contributed by atoms with Gasteiger partial charge in [-0.1, -0.05) is 25.4 Å². The topological polar surface area (TPSA) is 73.8 Å². The van der Waals surface area contributed by atoms with E-state index < -0.39 is 4.92 Å². The van der Waals surface area contributed by atoms with Crippen molar-refractivity contribution < 1.29 is 4.92 Å². The first-order chi connectivity index (χ1) is 8.47. The lowest BCUT2D eigenvalue weighted by Gasteiger charge is -1.96. The van der Waals surface area contributed by atoms with Crippen molar-refractivity contribution >= 4 is 28.8 Å². The molecule has 0 unspecified atom stereocenters. The van der Waals surface area contributed by atoms with Crippen molar-refractivity contribution in [2.45, 2.75) is 26.3 Å². The molecule has 2 aromatic heterocycles. The average molecular weight is 287 g/mol. The predicted molar refractivity (Wildman–Crippen MR) is 69.2 cm³/mol. The summed E-state index contributed by atoms with van der Waals surface area (Å²) in [6.07, 6.45) is 1.44. The zero-order chi connectivity index (χ0) is 13.3. The zero-order valence-electron chi connectivity index (χ0n) is 9.83. The van der Waals surface area contributed by atoms with Crippen LogP contribution in [0.4, 0.5) is 5.82 Å². The highest BCUT2D eigenvalue weighted by Gasteiger charge is 2.19. The molecule has 0 bridgehead atoms. The summed E-state index contributed by atoms with van der Waals surface area (Å²) in [7, 11) is 0. The monoisotopic (exact) mass is 286 g/mol. The summed E-state index contributed by atoms with van der Waals surface area (Å²) in [5, 5.41) is 17.4. The van der Waals surface area contributed by atoms with Crippen LogP contribution in [0.3, 0.4) is 0 Å². The highest BCUT2D eigenvalue weighted by atomic mass is 35.5. The van der Waals surface area contributed by atoms with Crippen molar-refractivity contribution in [1.29, 1.82) is 0 Å². The number of nitro groups is 1. The van der Waals surface area contributed by atoms with E-state index in [9.17, 15) is 10.1 Å². The fraction of sp³-hybridized carbons (Fsp3) is 0.400. The second kappa shape index (κ2) is 5.03. The van der Waals surface area contributed by atoms with Gasteiger partial charge in [0.15, 0.2) is 5.02 Å². The van der Waals surface area contributed by atoms with Crippen molar-refractivity contribution in [1.82, 2.24) is 14.8 Å². The van der Waals surface area contributed by atoms with E-state index in [1.807, 2.05) is 5.38 Å². The Labute approximate surface area is 112 Å². The van der Waals surface area contributed by atoms with Crippen LogP contribution in [-0.4, -0.2) is 19.7 Å². The van der Waals surface area contributed by atoms with Crippen LogP contribution in [0.5, 0.6) is 0 Å². The third-order valence-corrected chi connectivity index (χ3v) is 3.72. The summed E-state index contributed by atoms with van der Waals surface area (Å²) in [6.45, 7) is 4.52. The number of hydrogen-bond donors (Lipinski definition) is 0. The maximum Gasteiger partial charge on any atom is 0.408 e. The summed E-state index contributed by atoms with van der Waals surface area (Å²) < 4.78 is 1.43. The molecule has 96 valence electrons. The zero-order valence-corrected chi connectivity index (χ0v) is 11.4. The largest absolute Gasteiger partial charge is 0.408 e. The maximum atomic E-state index is 10.6. The first-order valence-corrected chi connectivity index (χ1v) is 6.54. The molecule has 18 heavy (non-hydrogen) atoms. The van der Waals surface area contributed by atoms with Crippen LogP contribution < -0.4 is 0 Å². The summed E-state index contributed by atoms with van der Waals surface area (Å²) in [4.78, 5) is 14.4. The van der Waals surface area contributed by atoms with Gasteiger partial charge in [0.05, 0.1) is 22.0 Å². The van der Waals surface area contributed by atoms with Crippen LogP contribution in [0.1, 0.15) is 30.5 Å². The Morgan fingerprint density at radius 2 is 2.33 bits per heavy atom. The molecule has 0 radical (unpaired) electrons. The van der Waals surface area contributed by atoms with Crippen molar-refractivity contribution in [3.05, 3.63) is 37.4 Å². The van der Waals surface area contributed by atoms with Crippen LogP contribution in [0.15, 0.2) is 11.6 Å². The van der Waals surface area contributed by atoms with Crippen LogP contribution in [-0.2, 0) is 6.54 Å². The van der Waals surface area contributed by atoms with Crippen molar-refractivity contribution in [2.24, 2.45) is 0 Å². The summed E-state index contributed by atoms with van der Waals surface area (Å²) in [6, 6.07) is 0. The average Bonchev–Trinajstić information content (AvgIpc) is 2.86. The summed E-state index contributed by atoms with van der Waals surface area (Å²) in [5.41, 5.74) is 0.831. The lowest BCUT2D eigenvalue weighted by molar-refractivity contribution is -0.389. The molecule has 0 fully saturated rings. The Bertz CT molecular complexity index is 578. The molecule has 0 aliphatic rings. The third kappa shape index (κ3) is 2.68. The Morgan fingerprint density at radius 1 is 1.61 bits per heavy atom. The molecule has 0 atom stereocenters. The van der Waals surface area contributed by atoms with Crippen LogP contribution in [0, 0.1) is 10.1 Å². The minimum atomic E-state index is -0.598. The van der Waals surface area contributed by atoms with Gasteiger partial charge in [0, 0.05) is 11.3 Å². The number of nitrogens with zero attached hydrogens (tertiary/aromatic N) is 4. The van der Waals surface area contributed by atoms with Gasteiger partial charge < -0.3 is 10.1 Å². The highest BCUT2D eigenvalue weighted by Crippen LogP contribution is 2.23. The predicted octanol–water partition coefficient (Wildman–Crippen LogP) is 3.07.